The third-order valence-electron chi connectivity index (χ3n) is 5.18. The van der Waals surface area contributed by atoms with Crippen molar-refractivity contribution in [2.75, 3.05) is 12.4 Å². The molecular formula is C22H25F3N4O3. The van der Waals surface area contributed by atoms with Crippen molar-refractivity contribution in [3.63, 3.8) is 0 Å². The van der Waals surface area contributed by atoms with Gasteiger partial charge in [0, 0.05) is 24.7 Å². The van der Waals surface area contributed by atoms with Crippen LogP contribution >= 0.6 is 0 Å². The van der Waals surface area contributed by atoms with Crippen LogP contribution in [0.15, 0.2) is 57.3 Å². The number of nitrogens with zero attached hydrogens (tertiary/aromatic N) is 3. The lowest BCUT2D eigenvalue weighted by atomic mass is 10.0. The molecular weight excluding hydrogens is 425 g/mol. The molecule has 0 spiro atoms. The lowest BCUT2D eigenvalue weighted by Gasteiger charge is -2.19. The molecule has 1 aliphatic rings. The molecule has 0 saturated heterocycles. The van der Waals surface area contributed by atoms with Gasteiger partial charge in [0.05, 0.1) is 18.4 Å². The number of benzene rings is 1. The van der Waals surface area contributed by atoms with Gasteiger partial charge in [0.15, 0.2) is 0 Å². The summed E-state index contributed by atoms with van der Waals surface area (Å²) in [4.78, 5) is 29.4. The summed E-state index contributed by atoms with van der Waals surface area (Å²) in [5.41, 5.74) is -1.02. The standard InChI is InChI=1S/C22H25F3N4O3/c1-14(2)29-20(30)27-19(26-17-6-4-5-16(13-17)22(23,24)25)28(21(29)31)12-11-15-7-9-18(32-3)10-8-15/h4-7,9,13-14H,8,10-12H2,1-3H3,(H,26,27,30). The van der Waals surface area contributed by atoms with Crippen molar-refractivity contribution in [3.05, 3.63) is 74.3 Å². The third kappa shape index (κ3) is 5.30. The molecule has 2 aromatic rings. The minimum absolute atomic E-state index is 0.0757. The van der Waals surface area contributed by atoms with E-state index in [0.717, 1.165) is 40.9 Å². The number of alkyl halides is 3. The van der Waals surface area contributed by atoms with Crippen molar-refractivity contribution in [2.45, 2.75) is 51.9 Å². The van der Waals surface area contributed by atoms with Gasteiger partial charge in [0.25, 0.3) is 0 Å². The molecule has 7 nitrogen and oxygen atoms in total. The summed E-state index contributed by atoms with van der Waals surface area (Å²) in [7, 11) is 1.61. The fourth-order valence-corrected chi connectivity index (χ4v) is 3.44. The Hall–Kier alpha value is -3.30. The molecule has 1 aromatic heterocycles. The maximum atomic E-state index is 13.1. The van der Waals surface area contributed by atoms with Gasteiger partial charge >= 0.3 is 17.6 Å². The van der Waals surface area contributed by atoms with Crippen molar-refractivity contribution in [1.82, 2.24) is 14.1 Å². The summed E-state index contributed by atoms with van der Waals surface area (Å²) in [5, 5.41) is 2.72. The van der Waals surface area contributed by atoms with Crippen LogP contribution in [0.2, 0.25) is 0 Å². The Bertz CT molecular complexity index is 1160. The van der Waals surface area contributed by atoms with Gasteiger partial charge in [-0.25, -0.2) is 14.2 Å². The van der Waals surface area contributed by atoms with Crippen LogP contribution in [0, 0.1) is 0 Å². The van der Waals surface area contributed by atoms with E-state index in [-0.39, 0.29) is 18.2 Å². The number of hydrogen-bond donors (Lipinski definition) is 1. The SMILES string of the molecule is COC1=CC=C(CCn2c(Nc3cccc(C(F)(F)F)c3)nc(=O)n(C(C)C)c2=O)CC1. The lowest BCUT2D eigenvalue weighted by Crippen LogP contribution is -2.43. The first kappa shape index (κ1) is 23.4. The molecule has 0 fully saturated rings. The molecule has 0 amide bonds. The number of aromatic nitrogens is 3. The maximum Gasteiger partial charge on any atom is 0.416 e. The second kappa shape index (κ2) is 9.46. The smallest absolute Gasteiger partial charge is 0.416 e. The monoisotopic (exact) mass is 450 g/mol. The van der Waals surface area contributed by atoms with Gasteiger partial charge in [-0.1, -0.05) is 17.7 Å². The first-order valence-corrected chi connectivity index (χ1v) is 10.2. The van der Waals surface area contributed by atoms with Crippen LogP contribution in [0.3, 0.4) is 0 Å². The second-order valence-electron chi connectivity index (χ2n) is 7.73. The topological polar surface area (TPSA) is 78.2 Å². The summed E-state index contributed by atoms with van der Waals surface area (Å²) in [6.07, 6.45) is 1.31. The van der Waals surface area contributed by atoms with Crippen LogP contribution in [-0.4, -0.2) is 21.2 Å². The van der Waals surface area contributed by atoms with Crippen molar-refractivity contribution in [3.8, 4) is 0 Å². The summed E-state index contributed by atoms with van der Waals surface area (Å²) in [5.74, 6) is 0.772. The molecule has 0 aliphatic heterocycles. The predicted octanol–water partition coefficient (Wildman–Crippen LogP) is 4.39. The first-order valence-electron chi connectivity index (χ1n) is 10.2. The van der Waals surface area contributed by atoms with E-state index >= 15 is 0 Å². The van der Waals surface area contributed by atoms with Crippen LogP contribution in [0.5, 0.6) is 0 Å². The van der Waals surface area contributed by atoms with E-state index in [1.165, 1.54) is 16.7 Å². The van der Waals surface area contributed by atoms with E-state index in [1.807, 2.05) is 12.2 Å². The lowest BCUT2D eigenvalue weighted by molar-refractivity contribution is -0.137. The molecule has 1 N–H and O–H groups in total. The highest BCUT2D eigenvalue weighted by atomic mass is 19.4. The first-order chi connectivity index (χ1) is 15.1. The minimum atomic E-state index is -4.52. The number of methoxy groups -OCH3 is 1. The third-order valence-corrected chi connectivity index (χ3v) is 5.18. The van der Waals surface area contributed by atoms with E-state index in [0.29, 0.717) is 6.42 Å². The van der Waals surface area contributed by atoms with Gasteiger partial charge in [0.1, 0.15) is 0 Å². The highest BCUT2D eigenvalue weighted by Crippen LogP contribution is 2.31. The summed E-state index contributed by atoms with van der Waals surface area (Å²) in [6.45, 7) is 3.59. The molecule has 1 aromatic carbocycles. The molecule has 0 bridgehead atoms. The van der Waals surface area contributed by atoms with Crippen molar-refractivity contribution in [1.29, 1.82) is 0 Å². The van der Waals surface area contributed by atoms with Crippen LogP contribution < -0.4 is 16.7 Å². The average Bonchev–Trinajstić information content (AvgIpc) is 2.73. The van der Waals surface area contributed by atoms with E-state index in [1.54, 1.807) is 21.0 Å². The zero-order valence-corrected chi connectivity index (χ0v) is 18.1. The maximum absolute atomic E-state index is 13.1. The predicted molar refractivity (Wildman–Crippen MR) is 115 cm³/mol. The number of halogens is 3. The normalized spacial score (nSPS) is 14.2. The highest BCUT2D eigenvalue weighted by molar-refractivity contribution is 5.54. The zero-order chi connectivity index (χ0) is 23.5. The number of rotatable bonds is 7. The number of allylic oxidation sites excluding steroid dienone is 4. The molecule has 32 heavy (non-hydrogen) atoms. The summed E-state index contributed by atoms with van der Waals surface area (Å²) in [6, 6.07) is 4.10. The van der Waals surface area contributed by atoms with Gasteiger partial charge in [0.2, 0.25) is 5.95 Å². The Labute approximate surface area is 182 Å². The molecule has 0 unspecified atom stereocenters. The Kier molecular flexibility index (Phi) is 6.90. The Balaban J connectivity index is 1.97. The molecule has 1 aliphatic carbocycles. The van der Waals surface area contributed by atoms with Crippen molar-refractivity contribution >= 4 is 11.6 Å². The molecule has 0 atom stereocenters. The van der Waals surface area contributed by atoms with Crippen LogP contribution in [0.1, 0.15) is 44.7 Å². The molecule has 0 radical (unpaired) electrons. The molecule has 0 saturated carbocycles. The average molecular weight is 450 g/mol. The van der Waals surface area contributed by atoms with E-state index in [2.05, 4.69) is 10.3 Å². The summed E-state index contributed by atoms with van der Waals surface area (Å²) >= 11 is 0. The zero-order valence-electron chi connectivity index (χ0n) is 18.1. The number of hydrogen-bond acceptors (Lipinski definition) is 5. The van der Waals surface area contributed by atoms with Gasteiger partial charge in [-0.3, -0.25) is 4.57 Å². The van der Waals surface area contributed by atoms with Crippen molar-refractivity contribution in [2.24, 2.45) is 0 Å². The van der Waals surface area contributed by atoms with Gasteiger partial charge in [-0.05, 0) is 51.0 Å². The minimum Gasteiger partial charge on any atom is -0.501 e. The van der Waals surface area contributed by atoms with Gasteiger partial charge in [-0.2, -0.15) is 18.2 Å². The van der Waals surface area contributed by atoms with E-state index in [4.69, 9.17) is 4.74 Å². The van der Waals surface area contributed by atoms with E-state index < -0.39 is 29.2 Å². The molecule has 10 heteroatoms. The van der Waals surface area contributed by atoms with Crippen molar-refractivity contribution < 1.29 is 17.9 Å². The Morgan fingerprint density at radius 3 is 2.53 bits per heavy atom. The van der Waals surface area contributed by atoms with Crippen LogP contribution in [-0.2, 0) is 17.5 Å². The molecule has 172 valence electrons. The summed E-state index contributed by atoms with van der Waals surface area (Å²) < 4.78 is 46.7. The Morgan fingerprint density at radius 2 is 1.94 bits per heavy atom. The van der Waals surface area contributed by atoms with Crippen LogP contribution in [0.4, 0.5) is 24.8 Å². The fraction of sp³-hybridized carbons (Fsp3) is 0.409. The molecule has 3 rings (SSSR count). The number of nitrogens with one attached hydrogen (secondary N) is 1. The fourth-order valence-electron chi connectivity index (χ4n) is 3.44. The Morgan fingerprint density at radius 1 is 1.19 bits per heavy atom. The number of ether oxygens (including phenoxy) is 1. The largest absolute Gasteiger partial charge is 0.501 e. The quantitative estimate of drug-likeness (QED) is 0.677. The number of anilines is 2. The second-order valence-corrected chi connectivity index (χ2v) is 7.73. The van der Waals surface area contributed by atoms with Gasteiger partial charge < -0.3 is 10.1 Å². The van der Waals surface area contributed by atoms with Gasteiger partial charge in [-0.15, -0.1) is 0 Å². The molecule has 1 heterocycles. The highest BCUT2D eigenvalue weighted by Gasteiger charge is 2.30. The van der Waals surface area contributed by atoms with E-state index in [9.17, 15) is 22.8 Å². The van der Waals surface area contributed by atoms with Crippen LogP contribution in [0.25, 0.3) is 0 Å².